The second-order valence-corrected chi connectivity index (χ2v) is 3.83. The minimum Gasteiger partial charge on any atom is -0.282 e. The van der Waals surface area contributed by atoms with E-state index in [0.29, 0.717) is 17.2 Å². The van der Waals surface area contributed by atoms with Crippen LogP contribution in [0.4, 0.5) is 5.69 Å². The van der Waals surface area contributed by atoms with Gasteiger partial charge >= 0.3 is 0 Å². The molecular weight excluding hydrogens is 242 g/mol. The summed E-state index contributed by atoms with van der Waals surface area (Å²) in [4.78, 5) is 13.9. The van der Waals surface area contributed by atoms with Crippen molar-refractivity contribution in [1.29, 1.82) is 5.41 Å². The Morgan fingerprint density at radius 1 is 1.59 bits per heavy atom. The molecule has 0 aliphatic carbocycles. The van der Waals surface area contributed by atoms with Crippen molar-refractivity contribution >= 4 is 28.3 Å². The van der Waals surface area contributed by atoms with E-state index >= 15 is 0 Å². The molecule has 1 rings (SSSR count). The fraction of sp³-hybridized carbons (Fsp3) is 0.273. The lowest BCUT2D eigenvalue weighted by Crippen LogP contribution is -2.00. The van der Waals surface area contributed by atoms with E-state index in [2.05, 4.69) is 4.99 Å². The Labute approximate surface area is 104 Å². The Morgan fingerprint density at radius 3 is 2.88 bits per heavy atom. The highest BCUT2D eigenvalue weighted by molar-refractivity contribution is 6.66. The Balaban J connectivity index is 2.93. The number of hydrogen-bond acceptors (Lipinski definition) is 3. The molecule has 0 bridgehead atoms. The summed E-state index contributed by atoms with van der Waals surface area (Å²) in [6, 6.07) is 5.79. The minimum absolute atomic E-state index is 0.0611. The van der Waals surface area contributed by atoms with Crippen molar-refractivity contribution in [3.05, 3.63) is 39.9 Å². The molecule has 0 aromatic heterocycles. The zero-order valence-electron chi connectivity index (χ0n) is 9.31. The van der Waals surface area contributed by atoms with Crippen LogP contribution in [0.15, 0.2) is 29.3 Å². The highest BCUT2D eigenvalue weighted by atomic mass is 35.5. The van der Waals surface area contributed by atoms with Crippen molar-refractivity contribution in [1.82, 2.24) is 0 Å². The van der Waals surface area contributed by atoms with E-state index in [1.54, 1.807) is 6.07 Å². The number of non-ortho nitro benzene ring substituents is 1. The average molecular weight is 254 g/mol. The van der Waals surface area contributed by atoms with E-state index in [1.165, 1.54) is 18.2 Å². The summed E-state index contributed by atoms with van der Waals surface area (Å²) >= 11 is 5.80. The standard InChI is InChI=1S/C11H12ClN3O2/c1-2-4-10(12)14-11(13)8-5-3-6-9(7-8)15(16)17/h3,5-7,13H,2,4H2,1H3. The summed E-state index contributed by atoms with van der Waals surface area (Å²) in [5, 5.41) is 18.6. The molecule has 1 aromatic carbocycles. The van der Waals surface area contributed by atoms with E-state index < -0.39 is 4.92 Å². The molecule has 0 atom stereocenters. The number of halogens is 1. The van der Waals surface area contributed by atoms with Gasteiger partial charge in [0.1, 0.15) is 5.17 Å². The fourth-order valence-corrected chi connectivity index (χ4v) is 1.49. The van der Waals surface area contributed by atoms with Crippen molar-refractivity contribution in [3.63, 3.8) is 0 Å². The molecule has 1 N–H and O–H groups in total. The molecule has 0 aliphatic heterocycles. The van der Waals surface area contributed by atoms with Crippen LogP contribution < -0.4 is 0 Å². The van der Waals surface area contributed by atoms with Gasteiger partial charge in [0.05, 0.1) is 4.92 Å². The zero-order valence-corrected chi connectivity index (χ0v) is 10.1. The van der Waals surface area contributed by atoms with Crippen molar-refractivity contribution in [2.45, 2.75) is 19.8 Å². The Hall–Kier alpha value is -1.75. The number of hydrogen-bond donors (Lipinski definition) is 1. The summed E-state index contributed by atoms with van der Waals surface area (Å²) in [5.74, 6) is -0.0628. The molecule has 0 spiro atoms. The molecule has 6 heteroatoms. The highest BCUT2D eigenvalue weighted by Gasteiger charge is 2.08. The Bertz CT molecular complexity index is 472. The highest BCUT2D eigenvalue weighted by Crippen LogP contribution is 2.14. The third-order valence-electron chi connectivity index (χ3n) is 2.02. The van der Waals surface area contributed by atoms with Crippen LogP contribution in [-0.2, 0) is 0 Å². The molecule has 5 nitrogen and oxygen atoms in total. The molecule has 0 fully saturated rings. The molecule has 0 saturated heterocycles. The quantitative estimate of drug-likeness (QED) is 0.386. The van der Waals surface area contributed by atoms with Crippen LogP contribution in [-0.4, -0.2) is 15.9 Å². The van der Waals surface area contributed by atoms with Crippen LogP contribution in [0.2, 0.25) is 0 Å². The maximum Gasteiger partial charge on any atom is 0.270 e. The number of aliphatic imine (C=N–C) groups is 1. The molecule has 1 aromatic rings. The predicted octanol–water partition coefficient (Wildman–Crippen LogP) is 3.36. The molecule has 0 radical (unpaired) electrons. The lowest BCUT2D eigenvalue weighted by molar-refractivity contribution is -0.384. The second kappa shape index (κ2) is 6.10. The van der Waals surface area contributed by atoms with Gasteiger partial charge in [-0.1, -0.05) is 30.7 Å². The maximum atomic E-state index is 10.6. The molecule has 0 amide bonds. The van der Waals surface area contributed by atoms with E-state index in [9.17, 15) is 10.1 Å². The molecule has 17 heavy (non-hydrogen) atoms. The smallest absolute Gasteiger partial charge is 0.270 e. The van der Waals surface area contributed by atoms with Gasteiger partial charge in [-0.25, -0.2) is 4.99 Å². The second-order valence-electron chi connectivity index (χ2n) is 3.39. The summed E-state index contributed by atoms with van der Waals surface area (Å²) in [7, 11) is 0. The lowest BCUT2D eigenvalue weighted by atomic mass is 10.2. The average Bonchev–Trinajstić information content (AvgIpc) is 2.29. The van der Waals surface area contributed by atoms with Crippen molar-refractivity contribution in [2.75, 3.05) is 0 Å². The van der Waals surface area contributed by atoms with Gasteiger partial charge in [0, 0.05) is 24.1 Å². The topological polar surface area (TPSA) is 79.3 Å². The van der Waals surface area contributed by atoms with Crippen LogP contribution in [0.1, 0.15) is 25.3 Å². The van der Waals surface area contributed by atoms with E-state index in [0.717, 1.165) is 6.42 Å². The van der Waals surface area contributed by atoms with Crippen LogP contribution in [0, 0.1) is 15.5 Å². The van der Waals surface area contributed by atoms with Crippen LogP contribution in [0.5, 0.6) is 0 Å². The van der Waals surface area contributed by atoms with Crippen molar-refractivity contribution < 1.29 is 4.92 Å². The number of rotatable bonds is 4. The monoisotopic (exact) mass is 253 g/mol. The lowest BCUT2D eigenvalue weighted by Gasteiger charge is -2.00. The zero-order chi connectivity index (χ0) is 12.8. The number of nitrogens with zero attached hydrogens (tertiary/aromatic N) is 2. The summed E-state index contributed by atoms with van der Waals surface area (Å²) in [6.07, 6.45) is 1.43. The maximum absolute atomic E-state index is 10.6. The predicted molar refractivity (Wildman–Crippen MR) is 68.1 cm³/mol. The molecule has 0 unspecified atom stereocenters. The van der Waals surface area contributed by atoms with Gasteiger partial charge in [-0.3, -0.25) is 15.5 Å². The van der Waals surface area contributed by atoms with E-state index in [1.807, 2.05) is 6.92 Å². The Morgan fingerprint density at radius 2 is 2.29 bits per heavy atom. The SMILES string of the molecule is CCCC(Cl)=NC(=N)c1cccc([N+](=O)[O-])c1. The van der Waals surface area contributed by atoms with Gasteiger partial charge in [-0.2, -0.15) is 0 Å². The van der Waals surface area contributed by atoms with Gasteiger partial charge in [-0.05, 0) is 6.42 Å². The van der Waals surface area contributed by atoms with Crippen molar-refractivity contribution in [2.24, 2.45) is 4.99 Å². The first-order valence-corrected chi connectivity index (χ1v) is 5.48. The van der Waals surface area contributed by atoms with Crippen LogP contribution >= 0.6 is 11.6 Å². The van der Waals surface area contributed by atoms with Gasteiger partial charge in [-0.15, -0.1) is 0 Å². The summed E-state index contributed by atoms with van der Waals surface area (Å²) < 4.78 is 0. The third-order valence-corrected chi connectivity index (χ3v) is 2.29. The first-order valence-electron chi connectivity index (χ1n) is 5.11. The van der Waals surface area contributed by atoms with Crippen LogP contribution in [0.3, 0.4) is 0 Å². The number of nitro benzene ring substituents is 1. The first-order chi connectivity index (χ1) is 8.04. The molecule has 0 heterocycles. The molecule has 0 saturated carbocycles. The number of nitrogens with one attached hydrogen (secondary N) is 1. The van der Waals surface area contributed by atoms with E-state index in [-0.39, 0.29) is 11.5 Å². The third kappa shape index (κ3) is 3.96. The van der Waals surface area contributed by atoms with Gasteiger partial charge in [0.25, 0.3) is 5.69 Å². The number of nitro groups is 1. The molecule has 90 valence electrons. The number of benzene rings is 1. The minimum atomic E-state index is -0.506. The molecular formula is C11H12ClN3O2. The fourth-order valence-electron chi connectivity index (χ4n) is 1.21. The molecule has 0 aliphatic rings. The first kappa shape index (κ1) is 13.3. The van der Waals surface area contributed by atoms with Crippen molar-refractivity contribution in [3.8, 4) is 0 Å². The van der Waals surface area contributed by atoms with Gasteiger partial charge in [0.2, 0.25) is 0 Å². The van der Waals surface area contributed by atoms with Crippen LogP contribution in [0.25, 0.3) is 0 Å². The van der Waals surface area contributed by atoms with Gasteiger partial charge < -0.3 is 0 Å². The van der Waals surface area contributed by atoms with Gasteiger partial charge in [0.15, 0.2) is 5.84 Å². The largest absolute Gasteiger partial charge is 0.282 e. The number of amidine groups is 1. The van der Waals surface area contributed by atoms with E-state index in [4.69, 9.17) is 17.0 Å². The normalized spacial score (nSPS) is 11.3. The Kier molecular flexibility index (Phi) is 4.78. The summed E-state index contributed by atoms with van der Waals surface area (Å²) in [5.41, 5.74) is 0.322. The summed E-state index contributed by atoms with van der Waals surface area (Å²) in [6.45, 7) is 1.95.